The molecule has 2 rings (SSSR count). The first-order valence-electron chi connectivity index (χ1n) is 5.61. The fourth-order valence-corrected chi connectivity index (χ4v) is 4.30. The molecule has 0 aliphatic heterocycles. The molecule has 1 heterocycles. The predicted octanol–water partition coefficient (Wildman–Crippen LogP) is 5.87. The van der Waals surface area contributed by atoms with E-state index in [0.29, 0.717) is 0 Å². The van der Waals surface area contributed by atoms with Gasteiger partial charge in [0.1, 0.15) is 0 Å². The Morgan fingerprint density at radius 1 is 1.24 bits per heavy atom. The number of aryl methyl sites for hydroxylation is 2. The topological polar surface area (TPSA) is 0 Å². The Labute approximate surface area is 123 Å². The SMILES string of the molecule is CCc1ccc(C(Br)c2cccc(C)c2Br)s1. The highest BCUT2D eigenvalue weighted by Crippen LogP contribution is 2.39. The number of hydrogen-bond acceptors (Lipinski definition) is 1. The van der Waals surface area contributed by atoms with Crippen molar-refractivity contribution in [2.24, 2.45) is 0 Å². The van der Waals surface area contributed by atoms with Gasteiger partial charge in [0.15, 0.2) is 0 Å². The second-order valence-electron chi connectivity index (χ2n) is 4.00. The standard InChI is InChI=1S/C14H14Br2S/c1-3-10-7-8-12(17-10)14(16)11-6-4-5-9(2)13(11)15/h4-8,14H,3H2,1-2H3. The minimum atomic E-state index is 0.280. The molecule has 0 nitrogen and oxygen atoms in total. The summed E-state index contributed by atoms with van der Waals surface area (Å²) in [7, 11) is 0. The van der Waals surface area contributed by atoms with Crippen LogP contribution in [-0.4, -0.2) is 0 Å². The van der Waals surface area contributed by atoms with Gasteiger partial charge in [0.2, 0.25) is 0 Å². The third kappa shape index (κ3) is 2.83. The lowest BCUT2D eigenvalue weighted by Gasteiger charge is -2.12. The summed E-state index contributed by atoms with van der Waals surface area (Å²) in [4.78, 5) is 3.09. The first kappa shape index (κ1) is 13.3. The summed E-state index contributed by atoms with van der Waals surface area (Å²) in [6.07, 6.45) is 1.11. The molecule has 90 valence electrons. The summed E-state index contributed by atoms with van der Waals surface area (Å²) in [5.74, 6) is 0. The number of hydrogen-bond donors (Lipinski definition) is 0. The van der Waals surface area contributed by atoms with Crippen molar-refractivity contribution in [3.05, 3.63) is 55.7 Å². The maximum absolute atomic E-state index is 3.80. The Bertz CT molecular complexity index is 517. The summed E-state index contributed by atoms with van der Waals surface area (Å²) >= 11 is 9.36. The lowest BCUT2D eigenvalue weighted by atomic mass is 10.1. The normalized spacial score (nSPS) is 12.7. The molecule has 0 spiro atoms. The van der Waals surface area contributed by atoms with Crippen LogP contribution in [0.15, 0.2) is 34.8 Å². The van der Waals surface area contributed by atoms with Gasteiger partial charge in [-0.3, -0.25) is 0 Å². The molecular formula is C14H14Br2S. The van der Waals surface area contributed by atoms with Crippen LogP contribution in [0.25, 0.3) is 0 Å². The van der Waals surface area contributed by atoms with Crippen molar-refractivity contribution in [1.82, 2.24) is 0 Å². The van der Waals surface area contributed by atoms with E-state index in [-0.39, 0.29) is 4.83 Å². The highest BCUT2D eigenvalue weighted by Gasteiger charge is 2.16. The molecule has 0 fully saturated rings. The molecule has 3 heteroatoms. The predicted molar refractivity (Wildman–Crippen MR) is 83.3 cm³/mol. The largest absolute Gasteiger partial charge is 0.144 e. The highest BCUT2D eigenvalue weighted by atomic mass is 79.9. The molecule has 1 unspecified atom stereocenters. The maximum Gasteiger partial charge on any atom is 0.0749 e. The third-order valence-corrected chi connectivity index (χ3v) is 6.44. The van der Waals surface area contributed by atoms with Gasteiger partial charge in [-0.25, -0.2) is 0 Å². The molecule has 17 heavy (non-hydrogen) atoms. The van der Waals surface area contributed by atoms with E-state index in [1.807, 2.05) is 11.3 Å². The van der Waals surface area contributed by atoms with E-state index in [2.05, 4.69) is 76.0 Å². The Hall–Kier alpha value is -0.120. The quantitative estimate of drug-likeness (QED) is 0.590. The molecule has 2 aromatic rings. The van der Waals surface area contributed by atoms with Crippen molar-refractivity contribution < 1.29 is 0 Å². The Balaban J connectivity index is 2.36. The minimum absolute atomic E-state index is 0.280. The van der Waals surface area contributed by atoms with E-state index in [9.17, 15) is 0 Å². The molecule has 1 aromatic carbocycles. The second kappa shape index (κ2) is 5.68. The van der Waals surface area contributed by atoms with Crippen LogP contribution in [0.1, 0.15) is 32.6 Å². The molecule has 0 amide bonds. The van der Waals surface area contributed by atoms with Gasteiger partial charge in [-0.1, -0.05) is 57.0 Å². The Morgan fingerprint density at radius 2 is 2.00 bits per heavy atom. The number of alkyl halides is 1. The van der Waals surface area contributed by atoms with Crippen molar-refractivity contribution in [1.29, 1.82) is 0 Å². The van der Waals surface area contributed by atoms with Gasteiger partial charge in [-0.2, -0.15) is 0 Å². The molecule has 0 aliphatic rings. The van der Waals surface area contributed by atoms with Gasteiger partial charge in [0.05, 0.1) is 4.83 Å². The molecular weight excluding hydrogens is 360 g/mol. The molecule has 0 radical (unpaired) electrons. The summed E-state index contributed by atoms with van der Waals surface area (Å²) in [6.45, 7) is 4.32. The van der Waals surface area contributed by atoms with Gasteiger partial charge in [-0.15, -0.1) is 11.3 Å². The lowest BCUT2D eigenvalue weighted by molar-refractivity contribution is 1.18. The van der Waals surface area contributed by atoms with Gasteiger partial charge >= 0.3 is 0 Å². The lowest BCUT2D eigenvalue weighted by Crippen LogP contribution is -1.92. The van der Waals surface area contributed by atoms with E-state index in [4.69, 9.17) is 0 Å². The van der Waals surface area contributed by atoms with Gasteiger partial charge in [0.25, 0.3) is 0 Å². The van der Waals surface area contributed by atoms with Gasteiger partial charge < -0.3 is 0 Å². The molecule has 0 saturated heterocycles. The molecule has 1 aromatic heterocycles. The van der Waals surface area contributed by atoms with Crippen LogP contribution in [0.3, 0.4) is 0 Å². The molecule has 1 atom stereocenters. The van der Waals surface area contributed by atoms with Crippen LogP contribution >= 0.6 is 43.2 Å². The van der Waals surface area contributed by atoms with Crippen LogP contribution in [0.4, 0.5) is 0 Å². The zero-order chi connectivity index (χ0) is 12.4. The molecule has 0 saturated carbocycles. The number of benzene rings is 1. The van der Waals surface area contributed by atoms with Crippen LogP contribution in [0, 0.1) is 6.92 Å². The second-order valence-corrected chi connectivity index (χ2v) is 6.91. The maximum atomic E-state index is 3.80. The van der Waals surface area contributed by atoms with E-state index >= 15 is 0 Å². The molecule has 0 aliphatic carbocycles. The summed E-state index contributed by atoms with van der Waals surface area (Å²) in [5.41, 5.74) is 2.58. The van der Waals surface area contributed by atoms with E-state index in [1.165, 1.54) is 25.4 Å². The van der Waals surface area contributed by atoms with Crippen LogP contribution in [-0.2, 0) is 6.42 Å². The number of rotatable bonds is 3. The minimum Gasteiger partial charge on any atom is -0.144 e. The Kier molecular flexibility index (Phi) is 4.45. The fourth-order valence-electron chi connectivity index (χ4n) is 1.74. The Morgan fingerprint density at radius 3 is 2.65 bits per heavy atom. The van der Waals surface area contributed by atoms with Crippen molar-refractivity contribution in [2.45, 2.75) is 25.1 Å². The van der Waals surface area contributed by atoms with Crippen LogP contribution < -0.4 is 0 Å². The van der Waals surface area contributed by atoms with Crippen molar-refractivity contribution in [3.8, 4) is 0 Å². The van der Waals surface area contributed by atoms with E-state index in [1.54, 1.807) is 0 Å². The average Bonchev–Trinajstić information content (AvgIpc) is 2.80. The van der Waals surface area contributed by atoms with Crippen molar-refractivity contribution in [3.63, 3.8) is 0 Å². The highest BCUT2D eigenvalue weighted by molar-refractivity contribution is 9.11. The zero-order valence-electron chi connectivity index (χ0n) is 9.84. The van der Waals surface area contributed by atoms with Crippen molar-refractivity contribution in [2.75, 3.05) is 0 Å². The molecule has 0 bridgehead atoms. The van der Waals surface area contributed by atoms with E-state index in [0.717, 1.165) is 6.42 Å². The summed E-state index contributed by atoms with van der Waals surface area (Å²) in [5, 5.41) is 0. The monoisotopic (exact) mass is 372 g/mol. The zero-order valence-corrected chi connectivity index (χ0v) is 13.8. The average molecular weight is 374 g/mol. The number of thiophene rings is 1. The summed E-state index contributed by atoms with van der Waals surface area (Å²) < 4.78 is 1.20. The van der Waals surface area contributed by atoms with Gasteiger partial charge in [-0.05, 0) is 36.6 Å². The first-order chi connectivity index (χ1) is 8.13. The first-order valence-corrected chi connectivity index (χ1v) is 8.13. The fraction of sp³-hybridized carbons (Fsp3) is 0.286. The van der Waals surface area contributed by atoms with Crippen molar-refractivity contribution >= 4 is 43.2 Å². The number of halogens is 2. The molecule has 0 N–H and O–H groups in total. The van der Waals surface area contributed by atoms with E-state index < -0.39 is 0 Å². The van der Waals surface area contributed by atoms with Gasteiger partial charge in [0, 0.05) is 14.2 Å². The smallest absolute Gasteiger partial charge is 0.0749 e. The van der Waals surface area contributed by atoms with Crippen LogP contribution in [0.5, 0.6) is 0 Å². The summed E-state index contributed by atoms with van der Waals surface area (Å²) in [6, 6.07) is 10.8. The van der Waals surface area contributed by atoms with Crippen LogP contribution in [0.2, 0.25) is 0 Å². The third-order valence-electron chi connectivity index (χ3n) is 2.78.